The van der Waals surface area contributed by atoms with Crippen molar-refractivity contribution in [3.8, 4) is 5.75 Å². The Hall–Kier alpha value is -2.47. The van der Waals surface area contributed by atoms with Crippen LogP contribution in [-0.4, -0.2) is 61.9 Å². The van der Waals surface area contributed by atoms with Gasteiger partial charge in [-0.25, -0.2) is 17.6 Å². The summed E-state index contributed by atoms with van der Waals surface area (Å²) in [5.74, 6) is -1.86. The monoisotopic (exact) mass is 582 g/mol. The van der Waals surface area contributed by atoms with Crippen molar-refractivity contribution >= 4 is 42.6 Å². The molecule has 0 spiro atoms. The van der Waals surface area contributed by atoms with Gasteiger partial charge in [0.25, 0.3) is 0 Å². The Kier molecular flexibility index (Phi) is 8.03. The number of aromatic hydroxyl groups is 1. The third kappa shape index (κ3) is 5.59. The first kappa shape index (κ1) is 26.6. The number of phenols is 1. The summed E-state index contributed by atoms with van der Waals surface area (Å²) in [6.07, 6.45) is 0. The van der Waals surface area contributed by atoms with Crippen LogP contribution in [0.3, 0.4) is 0 Å². The number of halogens is 2. The zero-order valence-corrected chi connectivity index (χ0v) is 22.5. The normalized spacial score (nSPS) is 14.9. The number of nitrogens with zero attached hydrogens (tertiary/aromatic N) is 2. The molecule has 11 heteroatoms. The largest absolute Gasteiger partial charge is 0.506 e. The molecule has 0 bridgehead atoms. The van der Waals surface area contributed by atoms with Crippen molar-refractivity contribution in [3.05, 3.63) is 63.0 Å². The summed E-state index contributed by atoms with van der Waals surface area (Å²) in [6, 6.07) is 6.95. The highest BCUT2D eigenvalue weighted by molar-refractivity contribution is 9.10. The number of rotatable bonds is 8. The van der Waals surface area contributed by atoms with Crippen LogP contribution in [0.4, 0.5) is 4.39 Å². The molecule has 4 rings (SSSR count). The lowest BCUT2D eigenvalue weighted by Gasteiger charge is -2.27. The number of hydrogen-bond acceptors (Lipinski definition) is 7. The molecule has 36 heavy (non-hydrogen) atoms. The Balaban J connectivity index is 1.85. The predicted molar refractivity (Wildman–Crippen MR) is 137 cm³/mol. The second kappa shape index (κ2) is 10.9. The number of phenolic OH excluding ortho intramolecular Hbond substituents is 1. The van der Waals surface area contributed by atoms with Crippen LogP contribution in [-0.2, 0) is 44.4 Å². The fourth-order valence-electron chi connectivity index (χ4n) is 4.50. The quantitative estimate of drug-likeness (QED) is 0.402. The molecule has 3 aromatic rings. The Morgan fingerprint density at radius 3 is 2.50 bits per heavy atom. The van der Waals surface area contributed by atoms with Gasteiger partial charge in [0.1, 0.15) is 11.6 Å². The van der Waals surface area contributed by atoms with Crippen molar-refractivity contribution in [2.45, 2.75) is 25.0 Å². The van der Waals surface area contributed by atoms with E-state index in [1.807, 2.05) is 0 Å². The van der Waals surface area contributed by atoms with Crippen LogP contribution in [0.25, 0.3) is 10.9 Å². The summed E-state index contributed by atoms with van der Waals surface area (Å²) in [5.41, 5.74) is 1.95. The molecule has 0 atom stereocenters. The number of esters is 1. The average molecular weight is 583 g/mol. The molecule has 194 valence electrons. The van der Waals surface area contributed by atoms with E-state index in [4.69, 9.17) is 9.47 Å². The van der Waals surface area contributed by atoms with Gasteiger partial charge in [-0.3, -0.25) is 4.90 Å². The van der Waals surface area contributed by atoms with Gasteiger partial charge in [0.2, 0.25) is 0 Å². The second-order valence-electron chi connectivity index (χ2n) is 8.73. The SMILES string of the molecule is CCOC(=O)c1c(CS(=O)(=O)Cc2ccc(F)cc2)n(C)c2cc(Br)c(O)c(CN3CCOCC3)c12. The van der Waals surface area contributed by atoms with E-state index >= 15 is 0 Å². The van der Waals surface area contributed by atoms with E-state index in [0.29, 0.717) is 59.4 Å². The predicted octanol–water partition coefficient (Wildman–Crippen LogP) is 3.91. The van der Waals surface area contributed by atoms with Gasteiger partial charge in [-0.1, -0.05) is 12.1 Å². The number of benzene rings is 2. The summed E-state index contributed by atoms with van der Waals surface area (Å²) >= 11 is 3.41. The molecule has 1 aromatic heterocycles. The Bertz CT molecular complexity index is 1380. The fourth-order valence-corrected chi connectivity index (χ4v) is 6.51. The Labute approximate surface area is 217 Å². The maximum atomic E-state index is 13.3. The van der Waals surface area contributed by atoms with E-state index in [9.17, 15) is 22.7 Å². The lowest BCUT2D eigenvalue weighted by atomic mass is 10.0. The molecule has 0 radical (unpaired) electrons. The first-order valence-corrected chi connectivity index (χ1v) is 14.2. The summed E-state index contributed by atoms with van der Waals surface area (Å²) in [6.45, 7) is 4.58. The third-order valence-electron chi connectivity index (χ3n) is 6.26. The van der Waals surface area contributed by atoms with Gasteiger partial charge in [-0.2, -0.15) is 0 Å². The summed E-state index contributed by atoms with van der Waals surface area (Å²) in [7, 11) is -2.06. The molecular formula is C25H28BrFN2O6S. The highest BCUT2D eigenvalue weighted by atomic mass is 79.9. The molecule has 1 N–H and O–H groups in total. The summed E-state index contributed by atoms with van der Waals surface area (Å²) in [4.78, 5) is 15.3. The number of fused-ring (bicyclic) bond motifs is 1. The van der Waals surface area contributed by atoms with Crippen molar-refractivity contribution in [1.82, 2.24) is 9.47 Å². The molecule has 0 saturated carbocycles. The molecule has 1 fully saturated rings. The van der Waals surface area contributed by atoms with Crippen molar-refractivity contribution in [2.75, 3.05) is 32.9 Å². The molecule has 1 saturated heterocycles. The van der Waals surface area contributed by atoms with Crippen molar-refractivity contribution in [3.63, 3.8) is 0 Å². The molecule has 0 aliphatic carbocycles. The second-order valence-corrected chi connectivity index (χ2v) is 11.6. The summed E-state index contributed by atoms with van der Waals surface area (Å²) in [5, 5.41) is 11.5. The maximum Gasteiger partial charge on any atom is 0.340 e. The lowest BCUT2D eigenvalue weighted by molar-refractivity contribution is 0.0340. The highest BCUT2D eigenvalue weighted by Crippen LogP contribution is 2.40. The Morgan fingerprint density at radius 2 is 1.86 bits per heavy atom. The van der Waals surface area contributed by atoms with Gasteiger partial charge in [0.05, 0.1) is 46.9 Å². The zero-order chi connectivity index (χ0) is 26.0. The van der Waals surface area contributed by atoms with Crippen LogP contribution in [0.2, 0.25) is 0 Å². The van der Waals surface area contributed by atoms with Crippen LogP contribution in [0, 0.1) is 5.82 Å². The molecule has 1 aliphatic rings. The molecule has 0 unspecified atom stereocenters. The van der Waals surface area contributed by atoms with Gasteiger partial charge in [0.15, 0.2) is 9.84 Å². The maximum absolute atomic E-state index is 13.3. The molecule has 2 heterocycles. The van der Waals surface area contributed by atoms with Gasteiger partial charge in [-0.05, 0) is 46.6 Å². The first-order valence-electron chi connectivity index (χ1n) is 11.5. The standard InChI is InChI=1S/C25H28BrFN2O6S/c1-3-35-25(31)23-21(15-36(32,33)14-16-4-6-17(27)7-5-16)28(2)20-12-19(26)24(30)18(22(20)23)13-29-8-10-34-11-9-29/h4-7,12,30H,3,8-11,13-15H2,1-2H3. The topological polar surface area (TPSA) is 98.1 Å². The third-order valence-corrected chi connectivity index (χ3v) is 8.35. The zero-order valence-electron chi connectivity index (χ0n) is 20.1. The molecule has 8 nitrogen and oxygen atoms in total. The average Bonchev–Trinajstić information content (AvgIpc) is 3.09. The number of aryl methyl sites for hydroxylation is 1. The van der Waals surface area contributed by atoms with Gasteiger partial charge < -0.3 is 19.1 Å². The molecule has 2 aromatic carbocycles. The molecular weight excluding hydrogens is 555 g/mol. The van der Waals surface area contributed by atoms with E-state index in [2.05, 4.69) is 20.8 Å². The number of hydrogen-bond donors (Lipinski definition) is 1. The van der Waals surface area contributed by atoms with Gasteiger partial charge in [-0.15, -0.1) is 0 Å². The fraction of sp³-hybridized carbons (Fsp3) is 0.400. The number of carbonyl (C=O) groups is 1. The van der Waals surface area contributed by atoms with Crippen molar-refractivity contribution in [2.24, 2.45) is 7.05 Å². The Morgan fingerprint density at radius 1 is 1.19 bits per heavy atom. The highest BCUT2D eigenvalue weighted by Gasteiger charge is 2.30. The van der Waals surface area contributed by atoms with E-state index in [-0.39, 0.29) is 29.4 Å². The van der Waals surface area contributed by atoms with Gasteiger partial charge >= 0.3 is 5.97 Å². The van der Waals surface area contributed by atoms with E-state index < -0.39 is 27.4 Å². The minimum absolute atomic E-state index is 0.00846. The number of sulfone groups is 1. The van der Waals surface area contributed by atoms with Crippen LogP contribution in [0.15, 0.2) is 34.8 Å². The number of aromatic nitrogens is 1. The van der Waals surface area contributed by atoms with Crippen LogP contribution >= 0.6 is 15.9 Å². The van der Waals surface area contributed by atoms with Crippen LogP contribution in [0.1, 0.15) is 34.1 Å². The van der Waals surface area contributed by atoms with E-state index in [1.54, 1.807) is 24.6 Å². The van der Waals surface area contributed by atoms with E-state index in [0.717, 1.165) is 0 Å². The lowest BCUT2D eigenvalue weighted by Crippen LogP contribution is -2.35. The number of carbonyl (C=O) groups excluding carboxylic acids is 1. The minimum atomic E-state index is -3.75. The van der Waals surface area contributed by atoms with Gasteiger partial charge in [0, 0.05) is 43.3 Å². The molecule has 0 amide bonds. The smallest absolute Gasteiger partial charge is 0.340 e. The summed E-state index contributed by atoms with van der Waals surface area (Å²) < 4.78 is 52.6. The van der Waals surface area contributed by atoms with Crippen LogP contribution < -0.4 is 0 Å². The number of ether oxygens (including phenoxy) is 2. The number of morpholine rings is 1. The van der Waals surface area contributed by atoms with E-state index in [1.165, 1.54) is 24.3 Å². The van der Waals surface area contributed by atoms with Crippen molar-refractivity contribution < 1.29 is 32.2 Å². The minimum Gasteiger partial charge on any atom is -0.506 e. The van der Waals surface area contributed by atoms with Crippen LogP contribution in [0.5, 0.6) is 5.75 Å². The first-order chi connectivity index (χ1) is 17.1. The van der Waals surface area contributed by atoms with Crippen molar-refractivity contribution in [1.29, 1.82) is 0 Å². The molecule has 1 aliphatic heterocycles.